The molecule has 0 saturated carbocycles. The molecule has 1 aliphatic rings. The Morgan fingerprint density at radius 2 is 2.11 bits per heavy atom. The largest absolute Gasteiger partial charge is 0.474 e. The lowest BCUT2D eigenvalue weighted by molar-refractivity contribution is -0.136. The molecule has 0 aromatic carbocycles. The van der Waals surface area contributed by atoms with Crippen molar-refractivity contribution in [2.24, 2.45) is 5.92 Å². The quantitative estimate of drug-likeness (QED) is 0.834. The van der Waals surface area contributed by atoms with Gasteiger partial charge in [-0.05, 0) is 6.92 Å². The van der Waals surface area contributed by atoms with Crippen LogP contribution in [0.5, 0.6) is 5.88 Å². The normalized spacial score (nSPS) is 16.7. The third kappa shape index (κ3) is 3.66. The summed E-state index contributed by atoms with van der Waals surface area (Å²) in [6, 6.07) is 1.78. The zero-order chi connectivity index (χ0) is 13.8. The van der Waals surface area contributed by atoms with Crippen LogP contribution < -0.4 is 4.74 Å². The molecule has 0 aliphatic carbocycles. The average Bonchev–Trinajstić information content (AvgIpc) is 2.39. The summed E-state index contributed by atoms with van der Waals surface area (Å²) in [6.07, 6.45) is 3.57. The molecular weight excluding hydrogens is 242 g/mol. The second-order valence-electron chi connectivity index (χ2n) is 5.24. The van der Waals surface area contributed by atoms with Gasteiger partial charge in [-0.15, -0.1) is 0 Å². The molecule has 0 bridgehead atoms. The fourth-order valence-electron chi connectivity index (χ4n) is 2.23. The number of aromatic nitrogens is 2. The van der Waals surface area contributed by atoms with Crippen LogP contribution in [-0.4, -0.2) is 40.0 Å². The number of amides is 1. The van der Waals surface area contributed by atoms with Crippen LogP contribution in [0.15, 0.2) is 12.3 Å². The van der Waals surface area contributed by atoms with Gasteiger partial charge in [-0.25, -0.2) is 4.98 Å². The van der Waals surface area contributed by atoms with Crippen molar-refractivity contribution in [3.05, 3.63) is 18.1 Å². The number of carbonyl (C=O) groups is 1. The van der Waals surface area contributed by atoms with Gasteiger partial charge in [0.15, 0.2) is 0 Å². The van der Waals surface area contributed by atoms with E-state index in [0.29, 0.717) is 11.7 Å². The minimum atomic E-state index is 0.0713. The second-order valence-corrected chi connectivity index (χ2v) is 5.24. The van der Waals surface area contributed by atoms with Crippen molar-refractivity contribution < 1.29 is 9.53 Å². The Hall–Kier alpha value is -1.65. The molecule has 0 unspecified atom stereocenters. The number of rotatable bonds is 3. The topological polar surface area (TPSA) is 55.3 Å². The maximum Gasteiger partial charge on any atom is 0.225 e. The molecule has 0 atom stereocenters. The monoisotopic (exact) mass is 263 g/mol. The lowest BCUT2D eigenvalue weighted by Gasteiger charge is -2.32. The van der Waals surface area contributed by atoms with Crippen molar-refractivity contribution in [2.75, 3.05) is 13.1 Å². The standard InChI is InChI=1S/C14H21N3O2/c1-10(2)14(18)17-8-5-12(6-9-17)19-13-4-7-15-11(3)16-13/h4,7,10,12H,5-6,8-9H2,1-3H3. The van der Waals surface area contributed by atoms with Crippen molar-refractivity contribution in [1.82, 2.24) is 14.9 Å². The summed E-state index contributed by atoms with van der Waals surface area (Å²) < 4.78 is 5.84. The summed E-state index contributed by atoms with van der Waals surface area (Å²) in [7, 11) is 0. The van der Waals surface area contributed by atoms with Crippen LogP contribution in [0.3, 0.4) is 0 Å². The molecule has 104 valence electrons. The van der Waals surface area contributed by atoms with E-state index in [1.54, 1.807) is 12.3 Å². The highest BCUT2D eigenvalue weighted by atomic mass is 16.5. The molecule has 5 heteroatoms. The van der Waals surface area contributed by atoms with Crippen LogP contribution in [0.2, 0.25) is 0 Å². The van der Waals surface area contributed by atoms with E-state index < -0.39 is 0 Å². The van der Waals surface area contributed by atoms with E-state index in [9.17, 15) is 4.79 Å². The van der Waals surface area contributed by atoms with E-state index in [4.69, 9.17) is 4.74 Å². The van der Waals surface area contributed by atoms with Gasteiger partial charge in [-0.3, -0.25) is 4.79 Å². The number of hydrogen-bond acceptors (Lipinski definition) is 4. The third-order valence-electron chi connectivity index (χ3n) is 3.29. The SMILES string of the molecule is Cc1nccc(OC2CCN(C(=O)C(C)C)CC2)n1. The van der Waals surface area contributed by atoms with E-state index in [1.165, 1.54) is 0 Å². The first-order chi connectivity index (χ1) is 9.06. The van der Waals surface area contributed by atoms with Crippen LogP contribution in [0, 0.1) is 12.8 Å². The zero-order valence-corrected chi connectivity index (χ0v) is 11.8. The Bertz CT molecular complexity index is 440. The predicted molar refractivity (Wildman–Crippen MR) is 71.8 cm³/mol. The maximum atomic E-state index is 11.9. The number of likely N-dealkylation sites (tertiary alicyclic amines) is 1. The number of hydrogen-bond donors (Lipinski definition) is 0. The van der Waals surface area contributed by atoms with Gasteiger partial charge in [-0.1, -0.05) is 13.8 Å². The first-order valence-electron chi connectivity index (χ1n) is 6.81. The van der Waals surface area contributed by atoms with Gasteiger partial charge in [0.05, 0.1) is 0 Å². The van der Waals surface area contributed by atoms with E-state index >= 15 is 0 Å². The molecule has 2 rings (SSSR count). The summed E-state index contributed by atoms with van der Waals surface area (Å²) in [4.78, 5) is 22.1. The molecule has 1 aliphatic heterocycles. The molecule has 2 heterocycles. The van der Waals surface area contributed by atoms with Gasteiger partial charge >= 0.3 is 0 Å². The molecule has 0 radical (unpaired) electrons. The highest BCUT2D eigenvalue weighted by Gasteiger charge is 2.25. The average molecular weight is 263 g/mol. The van der Waals surface area contributed by atoms with E-state index in [1.807, 2.05) is 25.7 Å². The molecule has 1 fully saturated rings. The minimum absolute atomic E-state index is 0.0713. The summed E-state index contributed by atoms with van der Waals surface area (Å²) in [6.45, 7) is 7.26. The number of ether oxygens (including phenoxy) is 1. The highest BCUT2D eigenvalue weighted by Crippen LogP contribution is 2.18. The Kier molecular flexibility index (Phi) is 4.35. The Morgan fingerprint density at radius 1 is 1.42 bits per heavy atom. The lowest BCUT2D eigenvalue weighted by atomic mass is 10.1. The number of carbonyl (C=O) groups excluding carboxylic acids is 1. The van der Waals surface area contributed by atoms with Crippen LogP contribution >= 0.6 is 0 Å². The summed E-state index contributed by atoms with van der Waals surface area (Å²) in [5, 5.41) is 0. The maximum absolute atomic E-state index is 11.9. The van der Waals surface area contributed by atoms with Crippen molar-refractivity contribution in [3.8, 4) is 5.88 Å². The molecule has 1 amide bonds. The van der Waals surface area contributed by atoms with Gasteiger partial charge < -0.3 is 9.64 Å². The minimum Gasteiger partial charge on any atom is -0.474 e. The van der Waals surface area contributed by atoms with Gasteiger partial charge in [0.25, 0.3) is 0 Å². The van der Waals surface area contributed by atoms with Gasteiger partial charge in [-0.2, -0.15) is 4.98 Å². The number of piperidine rings is 1. The predicted octanol–water partition coefficient (Wildman–Crippen LogP) is 1.81. The molecule has 5 nitrogen and oxygen atoms in total. The van der Waals surface area contributed by atoms with E-state index in [2.05, 4.69) is 9.97 Å². The smallest absolute Gasteiger partial charge is 0.225 e. The highest BCUT2D eigenvalue weighted by molar-refractivity contribution is 5.78. The molecule has 1 aromatic heterocycles. The van der Waals surface area contributed by atoms with Crippen LogP contribution in [0.1, 0.15) is 32.5 Å². The van der Waals surface area contributed by atoms with E-state index in [-0.39, 0.29) is 17.9 Å². The van der Waals surface area contributed by atoms with Crippen molar-refractivity contribution in [3.63, 3.8) is 0 Å². The summed E-state index contributed by atoms with van der Waals surface area (Å²) in [5.41, 5.74) is 0. The fourth-order valence-corrected chi connectivity index (χ4v) is 2.23. The Morgan fingerprint density at radius 3 is 2.68 bits per heavy atom. The summed E-state index contributed by atoms with van der Waals surface area (Å²) in [5.74, 6) is 1.64. The first-order valence-corrected chi connectivity index (χ1v) is 6.81. The molecule has 0 N–H and O–H groups in total. The van der Waals surface area contributed by atoms with Crippen LogP contribution in [-0.2, 0) is 4.79 Å². The zero-order valence-electron chi connectivity index (χ0n) is 11.8. The molecule has 0 spiro atoms. The van der Waals surface area contributed by atoms with Crippen molar-refractivity contribution in [2.45, 2.75) is 39.7 Å². The number of aryl methyl sites for hydroxylation is 1. The fraction of sp³-hybridized carbons (Fsp3) is 0.643. The van der Waals surface area contributed by atoms with Gasteiger partial charge in [0.2, 0.25) is 11.8 Å². The molecule has 1 saturated heterocycles. The van der Waals surface area contributed by atoms with Gasteiger partial charge in [0.1, 0.15) is 11.9 Å². The third-order valence-corrected chi connectivity index (χ3v) is 3.29. The van der Waals surface area contributed by atoms with E-state index in [0.717, 1.165) is 25.9 Å². The van der Waals surface area contributed by atoms with Crippen molar-refractivity contribution >= 4 is 5.91 Å². The van der Waals surface area contributed by atoms with Crippen molar-refractivity contribution in [1.29, 1.82) is 0 Å². The van der Waals surface area contributed by atoms with Crippen LogP contribution in [0.4, 0.5) is 0 Å². The van der Waals surface area contributed by atoms with Crippen LogP contribution in [0.25, 0.3) is 0 Å². The Balaban J connectivity index is 1.85. The molecular formula is C14H21N3O2. The number of nitrogens with zero attached hydrogens (tertiary/aromatic N) is 3. The molecule has 19 heavy (non-hydrogen) atoms. The molecule has 1 aromatic rings. The summed E-state index contributed by atoms with van der Waals surface area (Å²) >= 11 is 0. The van der Waals surface area contributed by atoms with Gasteiger partial charge in [0, 0.05) is 44.1 Å². The second kappa shape index (κ2) is 5.99. The lowest BCUT2D eigenvalue weighted by Crippen LogP contribution is -2.43. The first kappa shape index (κ1) is 13.8. The Labute approximate surface area is 114 Å².